The molecule has 0 aliphatic heterocycles. The molecule has 0 unspecified atom stereocenters. The molecule has 0 spiro atoms. The Morgan fingerprint density at radius 1 is 1.33 bits per heavy atom. The van der Waals surface area contributed by atoms with Crippen molar-refractivity contribution in [3.05, 3.63) is 52.5 Å². The highest BCUT2D eigenvalue weighted by atomic mass is 79.9. The Morgan fingerprint density at radius 2 is 2.05 bits per heavy atom. The third-order valence-corrected chi connectivity index (χ3v) is 4.71. The number of rotatable bonds is 4. The van der Waals surface area contributed by atoms with Crippen LogP contribution in [0.25, 0.3) is 0 Å². The largest absolute Gasteiger partial charge is 0.389 e. The van der Waals surface area contributed by atoms with Crippen molar-refractivity contribution in [2.45, 2.75) is 4.90 Å². The molecular weight excluding hydrogens is 381 g/mol. The summed E-state index contributed by atoms with van der Waals surface area (Å²) in [5.41, 5.74) is 6.36. The number of pyridine rings is 1. The van der Waals surface area contributed by atoms with E-state index in [1.807, 2.05) is 0 Å². The van der Waals surface area contributed by atoms with Crippen LogP contribution in [0.15, 0.2) is 46.0 Å². The first kappa shape index (κ1) is 15.8. The highest BCUT2D eigenvalue weighted by Gasteiger charge is 2.17. The van der Waals surface area contributed by atoms with Gasteiger partial charge in [-0.1, -0.05) is 12.2 Å². The molecule has 0 aliphatic carbocycles. The number of hydrogen-bond donors (Lipinski definition) is 2. The molecule has 0 aliphatic rings. The third-order valence-electron chi connectivity index (χ3n) is 2.49. The van der Waals surface area contributed by atoms with Gasteiger partial charge in [0.05, 0.1) is 11.9 Å². The summed E-state index contributed by atoms with van der Waals surface area (Å²) in [6.07, 6.45) is 1.98. The monoisotopic (exact) mass is 389 g/mol. The van der Waals surface area contributed by atoms with E-state index in [0.29, 0.717) is 10.0 Å². The van der Waals surface area contributed by atoms with Gasteiger partial charge in [0, 0.05) is 16.2 Å². The summed E-state index contributed by atoms with van der Waals surface area (Å²) in [7, 11) is -3.94. The van der Waals surface area contributed by atoms with Gasteiger partial charge < -0.3 is 5.73 Å². The maximum Gasteiger partial charge on any atom is 0.263 e. The number of anilines is 1. The summed E-state index contributed by atoms with van der Waals surface area (Å²) < 4.78 is 40.1. The Balaban J connectivity index is 2.35. The molecule has 0 bridgehead atoms. The number of hydrogen-bond acceptors (Lipinski definition) is 4. The van der Waals surface area contributed by atoms with Crippen LogP contribution in [-0.2, 0) is 10.0 Å². The quantitative estimate of drug-likeness (QED) is 0.784. The van der Waals surface area contributed by atoms with Crippen LogP contribution in [0, 0.1) is 5.82 Å². The van der Waals surface area contributed by atoms with Crippen LogP contribution >= 0.6 is 28.1 Å². The molecule has 0 radical (unpaired) electrons. The van der Waals surface area contributed by atoms with E-state index in [9.17, 15) is 12.8 Å². The lowest BCUT2D eigenvalue weighted by Crippen LogP contribution is -2.15. The molecule has 2 rings (SSSR count). The lowest BCUT2D eigenvalue weighted by molar-refractivity contribution is 0.592. The van der Waals surface area contributed by atoms with E-state index in [-0.39, 0.29) is 15.6 Å². The fourth-order valence-corrected chi connectivity index (χ4v) is 3.28. The molecular formula is C12H9BrFN3O2S2. The van der Waals surface area contributed by atoms with E-state index in [1.165, 1.54) is 6.07 Å². The minimum atomic E-state index is -3.94. The van der Waals surface area contributed by atoms with Crippen LogP contribution in [0.5, 0.6) is 0 Å². The fraction of sp³-hybridized carbons (Fsp3) is 0. The molecule has 110 valence electrons. The standard InChI is InChI=1S/C12H9BrFN3O2S2/c13-10-3-7(12(15)20)1-2-11(10)17-21(18,19)9-4-8(14)5-16-6-9/h1-6,17H,(H2,15,20). The number of nitrogens with one attached hydrogen (secondary N) is 1. The average Bonchev–Trinajstić information content (AvgIpc) is 2.40. The topological polar surface area (TPSA) is 85.1 Å². The molecule has 1 aromatic carbocycles. The van der Waals surface area contributed by atoms with Gasteiger partial charge in [-0.3, -0.25) is 9.71 Å². The first-order chi connectivity index (χ1) is 9.79. The third kappa shape index (κ3) is 3.74. The summed E-state index contributed by atoms with van der Waals surface area (Å²) in [5.74, 6) is -0.735. The second-order valence-electron chi connectivity index (χ2n) is 4.00. The smallest absolute Gasteiger partial charge is 0.263 e. The molecule has 0 saturated heterocycles. The Morgan fingerprint density at radius 3 is 2.62 bits per heavy atom. The summed E-state index contributed by atoms with van der Waals surface area (Å²) in [6, 6.07) is 5.55. The predicted octanol–water partition coefficient (Wildman–Crippen LogP) is 2.42. The van der Waals surface area contributed by atoms with Crippen molar-refractivity contribution in [2.75, 3.05) is 4.72 Å². The van der Waals surface area contributed by atoms with Gasteiger partial charge in [0.2, 0.25) is 0 Å². The lowest BCUT2D eigenvalue weighted by Gasteiger charge is -2.10. The maximum atomic E-state index is 13.1. The van der Waals surface area contributed by atoms with Gasteiger partial charge in [-0.2, -0.15) is 0 Å². The van der Waals surface area contributed by atoms with Crippen LogP contribution in [0.3, 0.4) is 0 Å². The van der Waals surface area contributed by atoms with Crippen molar-refractivity contribution in [1.29, 1.82) is 0 Å². The number of sulfonamides is 1. The van der Waals surface area contributed by atoms with Crippen molar-refractivity contribution >= 4 is 48.8 Å². The number of aromatic nitrogens is 1. The molecule has 0 fully saturated rings. The van der Waals surface area contributed by atoms with E-state index >= 15 is 0 Å². The molecule has 2 aromatic rings. The van der Waals surface area contributed by atoms with E-state index < -0.39 is 15.8 Å². The summed E-state index contributed by atoms with van der Waals surface area (Å²) in [4.78, 5) is 3.44. The van der Waals surface area contributed by atoms with Gasteiger partial charge in [-0.05, 0) is 40.2 Å². The van der Waals surface area contributed by atoms with Crippen molar-refractivity contribution in [1.82, 2.24) is 4.98 Å². The zero-order chi connectivity index (χ0) is 15.6. The lowest BCUT2D eigenvalue weighted by atomic mass is 10.2. The van der Waals surface area contributed by atoms with Crippen LogP contribution in [0.2, 0.25) is 0 Å². The SMILES string of the molecule is NC(=S)c1ccc(NS(=O)(=O)c2cncc(F)c2)c(Br)c1. The number of halogens is 2. The molecule has 9 heteroatoms. The van der Waals surface area contributed by atoms with Crippen LogP contribution in [0.1, 0.15) is 5.56 Å². The molecule has 0 amide bonds. The first-order valence-corrected chi connectivity index (χ1v) is 8.21. The zero-order valence-electron chi connectivity index (χ0n) is 10.4. The molecule has 3 N–H and O–H groups in total. The number of thiocarbonyl (C=S) groups is 1. The van der Waals surface area contributed by atoms with Crippen LogP contribution < -0.4 is 10.5 Å². The number of nitrogens with two attached hydrogens (primary N) is 1. The van der Waals surface area contributed by atoms with Gasteiger partial charge in [0.1, 0.15) is 15.7 Å². The Kier molecular flexibility index (Phi) is 4.55. The second kappa shape index (κ2) is 6.04. The predicted molar refractivity (Wildman–Crippen MR) is 85.0 cm³/mol. The van der Waals surface area contributed by atoms with E-state index in [0.717, 1.165) is 18.5 Å². The number of benzene rings is 1. The van der Waals surface area contributed by atoms with Crippen LogP contribution in [-0.4, -0.2) is 18.4 Å². The maximum absolute atomic E-state index is 13.1. The second-order valence-corrected chi connectivity index (χ2v) is 6.98. The average molecular weight is 390 g/mol. The first-order valence-electron chi connectivity index (χ1n) is 5.52. The van der Waals surface area contributed by atoms with Crippen molar-refractivity contribution < 1.29 is 12.8 Å². The Labute approximate surface area is 134 Å². The van der Waals surface area contributed by atoms with E-state index in [2.05, 4.69) is 25.6 Å². The normalized spacial score (nSPS) is 11.1. The summed E-state index contributed by atoms with van der Waals surface area (Å²) >= 11 is 8.06. The highest BCUT2D eigenvalue weighted by molar-refractivity contribution is 9.10. The van der Waals surface area contributed by atoms with E-state index in [1.54, 1.807) is 12.1 Å². The molecule has 5 nitrogen and oxygen atoms in total. The molecule has 0 saturated carbocycles. The Hall–Kier alpha value is -1.58. The van der Waals surface area contributed by atoms with Gasteiger partial charge in [-0.15, -0.1) is 0 Å². The van der Waals surface area contributed by atoms with Gasteiger partial charge in [0.25, 0.3) is 10.0 Å². The van der Waals surface area contributed by atoms with Crippen molar-refractivity contribution in [3.8, 4) is 0 Å². The molecule has 1 heterocycles. The van der Waals surface area contributed by atoms with Gasteiger partial charge >= 0.3 is 0 Å². The fourth-order valence-electron chi connectivity index (χ4n) is 1.49. The summed E-state index contributed by atoms with van der Waals surface area (Å²) in [6.45, 7) is 0. The minimum absolute atomic E-state index is 0.194. The van der Waals surface area contributed by atoms with Gasteiger partial charge in [0.15, 0.2) is 0 Å². The zero-order valence-corrected chi connectivity index (χ0v) is 13.6. The Bertz CT molecular complexity index is 812. The van der Waals surface area contributed by atoms with Gasteiger partial charge in [-0.25, -0.2) is 12.8 Å². The molecule has 0 atom stereocenters. The van der Waals surface area contributed by atoms with Crippen LogP contribution in [0.4, 0.5) is 10.1 Å². The van der Waals surface area contributed by atoms with E-state index in [4.69, 9.17) is 18.0 Å². The molecule has 21 heavy (non-hydrogen) atoms. The highest BCUT2D eigenvalue weighted by Crippen LogP contribution is 2.26. The van der Waals surface area contributed by atoms with Crippen molar-refractivity contribution in [3.63, 3.8) is 0 Å². The summed E-state index contributed by atoms with van der Waals surface area (Å²) in [5, 5.41) is 0. The number of nitrogens with zero attached hydrogens (tertiary/aromatic N) is 1. The minimum Gasteiger partial charge on any atom is -0.389 e. The molecule has 1 aromatic heterocycles. The van der Waals surface area contributed by atoms with Crippen molar-refractivity contribution in [2.24, 2.45) is 5.73 Å².